The normalized spacial score (nSPS) is 12.1. The Kier molecular flexibility index (Phi) is 11.1. The van der Waals surface area contributed by atoms with Gasteiger partial charge in [0.1, 0.15) is 5.70 Å². The molecule has 2 N–H and O–H groups in total. The van der Waals surface area contributed by atoms with Gasteiger partial charge in [-0.3, -0.25) is 19.9 Å². The van der Waals surface area contributed by atoms with Gasteiger partial charge in [-0.2, -0.15) is 0 Å². The molecule has 0 fully saturated rings. The summed E-state index contributed by atoms with van der Waals surface area (Å²) in [6, 6.07) is 12.4. The molecule has 35 heavy (non-hydrogen) atoms. The Hall–Kier alpha value is -3.52. The third-order valence-corrected chi connectivity index (χ3v) is 5.22. The van der Waals surface area contributed by atoms with Gasteiger partial charge in [0.15, 0.2) is 17.3 Å². The molecule has 0 aliphatic rings. The van der Waals surface area contributed by atoms with E-state index in [4.69, 9.17) is 19.0 Å². The van der Waals surface area contributed by atoms with Crippen LogP contribution in [0.1, 0.15) is 38.3 Å². The molecule has 0 saturated heterocycles. The van der Waals surface area contributed by atoms with E-state index in [1.165, 1.54) is 21.3 Å². The zero-order valence-corrected chi connectivity index (χ0v) is 21.3. The lowest BCUT2D eigenvalue weighted by atomic mass is 9.99. The summed E-state index contributed by atoms with van der Waals surface area (Å²) < 4.78 is 16.2. The molecule has 0 radical (unpaired) electrons. The molecule has 1 atom stereocenters. The number of ketones is 1. The summed E-state index contributed by atoms with van der Waals surface area (Å²) >= 11 is 0. The molecule has 2 aromatic rings. The highest BCUT2D eigenvalue weighted by Crippen LogP contribution is 2.38. The molecule has 0 spiro atoms. The molecule has 1 unspecified atom stereocenters. The monoisotopic (exact) mass is 484 g/mol. The summed E-state index contributed by atoms with van der Waals surface area (Å²) in [5.41, 5.74) is 4.73. The fourth-order valence-corrected chi connectivity index (χ4v) is 3.48. The fourth-order valence-electron chi connectivity index (χ4n) is 3.48. The Morgan fingerprint density at radius 2 is 1.57 bits per heavy atom. The number of methoxy groups -OCH3 is 3. The smallest absolute Gasteiger partial charge is 0.269 e. The van der Waals surface area contributed by atoms with Crippen molar-refractivity contribution in [1.29, 1.82) is 0 Å². The predicted molar refractivity (Wildman–Crippen MR) is 134 cm³/mol. The Balaban J connectivity index is 2.20. The molecule has 0 heterocycles. The standard InChI is InChI=1S/C27H36N2O6/c1-7-23(30)21(14-20-15-24(32-4)26(34-6)25(16-20)33-5)28-27(31)22(13-18(2)3)29-35-17-19-11-9-8-10-12-19/h8-13,15-16,18,21,29H,7,14,17H2,1-6H3,(H,28,31). The summed E-state index contributed by atoms with van der Waals surface area (Å²) in [4.78, 5) is 31.5. The topological polar surface area (TPSA) is 95.1 Å². The Morgan fingerprint density at radius 3 is 2.09 bits per heavy atom. The lowest BCUT2D eigenvalue weighted by Gasteiger charge is -2.21. The minimum atomic E-state index is -0.748. The molecule has 2 rings (SSSR count). The van der Waals surface area contributed by atoms with Crippen molar-refractivity contribution >= 4 is 11.7 Å². The summed E-state index contributed by atoms with van der Waals surface area (Å²) in [5.74, 6) is 0.980. The quantitative estimate of drug-likeness (QED) is 0.309. The SMILES string of the molecule is CCC(=O)C(Cc1cc(OC)c(OC)c(OC)c1)NC(=O)C(=CC(C)C)NOCc1ccccc1. The van der Waals surface area contributed by atoms with E-state index < -0.39 is 11.9 Å². The highest BCUT2D eigenvalue weighted by molar-refractivity contribution is 5.96. The molecule has 190 valence electrons. The maximum atomic E-state index is 13.1. The van der Waals surface area contributed by atoms with Crippen molar-refractivity contribution in [3.05, 3.63) is 65.4 Å². The van der Waals surface area contributed by atoms with Gasteiger partial charge in [-0.15, -0.1) is 0 Å². The maximum absolute atomic E-state index is 13.1. The first-order chi connectivity index (χ1) is 16.8. The lowest BCUT2D eigenvalue weighted by Crippen LogP contribution is -2.44. The minimum absolute atomic E-state index is 0.0824. The van der Waals surface area contributed by atoms with Crippen LogP contribution in [0.5, 0.6) is 17.2 Å². The molecule has 2 aromatic carbocycles. The first kappa shape index (κ1) is 27.7. The van der Waals surface area contributed by atoms with Crippen LogP contribution in [-0.4, -0.2) is 39.1 Å². The van der Waals surface area contributed by atoms with Crippen LogP contribution in [0.15, 0.2) is 54.2 Å². The second-order valence-electron chi connectivity index (χ2n) is 8.28. The van der Waals surface area contributed by atoms with Crippen LogP contribution in [0.25, 0.3) is 0 Å². The number of allylic oxidation sites excluding steroid dienone is 1. The number of hydrogen-bond donors (Lipinski definition) is 2. The third-order valence-electron chi connectivity index (χ3n) is 5.22. The Bertz CT molecular complexity index is 979. The van der Waals surface area contributed by atoms with Gasteiger partial charge in [0.2, 0.25) is 5.75 Å². The minimum Gasteiger partial charge on any atom is -0.493 e. The van der Waals surface area contributed by atoms with E-state index in [0.717, 1.165) is 11.1 Å². The van der Waals surface area contributed by atoms with E-state index in [1.54, 1.807) is 25.1 Å². The molecule has 0 aromatic heterocycles. The first-order valence-corrected chi connectivity index (χ1v) is 11.6. The number of carbonyl (C=O) groups excluding carboxylic acids is 2. The second-order valence-corrected chi connectivity index (χ2v) is 8.28. The Morgan fingerprint density at radius 1 is 0.943 bits per heavy atom. The number of benzene rings is 2. The van der Waals surface area contributed by atoms with E-state index in [-0.39, 0.29) is 36.8 Å². The zero-order chi connectivity index (χ0) is 25.8. The van der Waals surface area contributed by atoms with E-state index in [1.807, 2.05) is 44.2 Å². The number of nitrogens with one attached hydrogen (secondary N) is 2. The van der Waals surface area contributed by atoms with Gasteiger partial charge in [-0.1, -0.05) is 57.2 Å². The van der Waals surface area contributed by atoms with Crippen LogP contribution in [-0.2, 0) is 27.5 Å². The zero-order valence-electron chi connectivity index (χ0n) is 21.3. The second kappa shape index (κ2) is 14.0. The molecule has 8 nitrogen and oxygen atoms in total. The lowest BCUT2D eigenvalue weighted by molar-refractivity contribution is -0.126. The average molecular weight is 485 g/mol. The number of ether oxygens (including phenoxy) is 3. The van der Waals surface area contributed by atoms with Gasteiger partial charge in [0.25, 0.3) is 5.91 Å². The summed E-state index contributed by atoms with van der Waals surface area (Å²) in [5, 5.41) is 2.86. The van der Waals surface area contributed by atoms with Crippen molar-refractivity contribution in [2.45, 2.75) is 46.3 Å². The van der Waals surface area contributed by atoms with Gasteiger partial charge >= 0.3 is 0 Å². The molecular formula is C27H36N2O6. The maximum Gasteiger partial charge on any atom is 0.269 e. The average Bonchev–Trinajstić information content (AvgIpc) is 2.86. The first-order valence-electron chi connectivity index (χ1n) is 11.6. The van der Waals surface area contributed by atoms with E-state index in [2.05, 4.69) is 10.8 Å². The molecule has 0 aliphatic heterocycles. The number of amides is 1. The number of rotatable bonds is 14. The highest BCUT2D eigenvalue weighted by atomic mass is 16.6. The van der Waals surface area contributed by atoms with Gasteiger partial charge in [-0.05, 0) is 29.2 Å². The number of hydrogen-bond acceptors (Lipinski definition) is 7. The fraction of sp³-hybridized carbons (Fsp3) is 0.407. The van der Waals surface area contributed by atoms with Gasteiger partial charge < -0.3 is 19.5 Å². The molecule has 8 heteroatoms. The van der Waals surface area contributed by atoms with Gasteiger partial charge in [0.05, 0.1) is 34.0 Å². The molecular weight excluding hydrogens is 448 g/mol. The number of carbonyl (C=O) groups is 2. The summed E-state index contributed by atoms with van der Waals surface area (Å²) in [7, 11) is 4.59. The van der Waals surface area contributed by atoms with E-state index >= 15 is 0 Å². The molecule has 0 saturated carbocycles. The number of Topliss-reactive ketones (excluding diaryl/α,β-unsaturated/α-hetero) is 1. The predicted octanol–water partition coefficient (Wildman–Crippen LogP) is 3.98. The van der Waals surface area contributed by atoms with Crippen LogP contribution < -0.4 is 25.0 Å². The van der Waals surface area contributed by atoms with Crippen molar-refractivity contribution in [1.82, 2.24) is 10.8 Å². The van der Waals surface area contributed by atoms with Gasteiger partial charge in [0, 0.05) is 12.8 Å². The van der Waals surface area contributed by atoms with Crippen molar-refractivity contribution in [3.63, 3.8) is 0 Å². The summed E-state index contributed by atoms with van der Waals surface area (Å²) in [6.07, 6.45) is 2.29. The van der Waals surface area contributed by atoms with E-state index in [9.17, 15) is 9.59 Å². The molecule has 0 aliphatic carbocycles. The van der Waals surface area contributed by atoms with Crippen molar-refractivity contribution in [3.8, 4) is 17.2 Å². The highest BCUT2D eigenvalue weighted by Gasteiger charge is 2.24. The Labute approximate surface area is 207 Å². The van der Waals surface area contributed by atoms with Crippen LogP contribution in [0.2, 0.25) is 0 Å². The molecule has 1 amide bonds. The van der Waals surface area contributed by atoms with Crippen LogP contribution in [0.3, 0.4) is 0 Å². The third kappa shape index (κ3) is 8.33. The molecule has 0 bridgehead atoms. The van der Waals surface area contributed by atoms with Crippen LogP contribution >= 0.6 is 0 Å². The van der Waals surface area contributed by atoms with Crippen molar-refractivity contribution < 1.29 is 28.6 Å². The van der Waals surface area contributed by atoms with Crippen LogP contribution in [0, 0.1) is 5.92 Å². The largest absolute Gasteiger partial charge is 0.493 e. The van der Waals surface area contributed by atoms with Crippen LogP contribution in [0.4, 0.5) is 0 Å². The van der Waals surface area contributed by atoms with Crippen molar-refractivity contribution in [2.75, 3.05) is 21.3 Å². The van der Waals surface area contributed by atoms with E-state index in [0.29, 0.717) is 17.2 Å². The van der Waals surface area contributed by atoms with Crippen molar-refractivity contribution in [2.24, 2.45) is 5.92 Å². The summed E-state index contributed by atoms with van der Waals surface area (Å²) in [6.45, 7) is 5.96. The number of hydroxylamine groups is 1. The van der Waals surface area contributed by atoms with Gasteiger partial charge in [-0.25, -0.2) is 0 Å².